The number of piperazine rings is 1. The van der Waals surface area contributed by atoms with Crippen molar-refractivity contribution in [1.82, 2.24) is 24.4 Å². The molecule has 0 bridgehead atoms. The number of hydrogen-bond donors (Lipinski definition) is 4. The van der Waals surface area contributed by atoms with Crippen LogP contribution in [0.1, 0.15) is 43.7 Å². The maximum absolute atomic E-state index is 10.1. The summed E-state index contributed by atoms with van der Waals surface area (Å²) in [6.45, 7) is 5.95. The number of nitrogens with zero attached hydrogens (tertiary/aromatic N) is 6. The topological polar surface area (TPSA) is 115 Å². The van der Waals surface area contributed by atoms with Crippen LogP contribution >= 0.6 is 0 Å². The van der Waals surface area contributed by atoms with E-state index < -0.39 is 0 Å². The zero-order valence-corrected chi connectivity index (χ0v) is 23.5. The molecule has 10 heteroatoms. The molecule has 1 saturated carbocycles. The smallest absolute Gasteiger partial charge is 0.226 e. The van der Waals surface area contributed by atoms with Crippen molar-refractivity contribution in [1.29, 1.82) is 0 Å². The summed E-state index contributed by atoms with van der Waals surface area (Å²) < 4.78 is 2.08. The molecule has 0 radical (unpaired) electrons. The Bertz CT molecular complexity index is 1400. The minimum absolute atomic E-state index is 0.171. The summed E-state index contributed by atoms with van der Waals surface area (Å²) in [6, 6.07) is 19.4. The average molecular weight is 557 g/mol. The van der Waals surface area contributed by atoms with E-state index in [1.54, 1.807) is 0 Å². The third-order valence-electron chi connectivity index (χ3n) is 8.18. The number of anilines is 4. The van der Waals surface area contributed by atoms with Crippen LogP contribution in [0.5, 0.6) is 0 Å². The summed E-state index contributed by atoms with van der Waals surface area (Å²) in [7, 11) is 0. The lowest BCUT2D eigenvalue weighted by Crippen LogP contribution is -2.45. The lowest BCUT2D eigenvalue weighted by atomic mass is 10.2. The van der Waals surface area contributed by atoms with E-state index in [0.29, 0.717) is 30.2 Å². The maximum Gasteiger partial charge on any atom is 0.226 e. The van der Waals surface area contributed by atoms with Gasteiger partial charge in [0.1, 0.15) is 0 Å². The summed E-state index contributed by atoms with van der Waals surface area (Å²) in [5, 5.41) is 26.0. The number of benzene rings is 2. The average Bonchev–Trinajstić information content (AvgIpc) is 3.63. The molecule has 0 amide bonds. The number of nitrogens with one attached hydrogen (secondary N) is 2. The SMILES string of the molecule is OCCCCNc1nc(Nc2ccc(N3CCN(Cc4ccccc4)CC3)cc2)c2ncn(C3CCC(O)C3)c2n1. The van der Waals surface area contributed by atoms with Crippen molar-refractivity contribution in [3.63, 3.8) is 0 Å². The Kier molecular flexibility index (Phi) is 8.60. The second kappa shape index (κ2) is 12.8. The molecule has 3 heterocycles. The molecular formula is C31H40N8O2. The fourth-order valence-electron chi connectivity index (χ4n) is 5.87. The molecule has 2 aromatic carbocycles. The van der Waals surface area contributed by atoms with Crippen LogP contribution < -0.4 is 15.5 Å². The largest absolute Gasteiger partial charge is 0.396 e. The highest BCUT2D eigenvalue weighted by atomic mass is 16.3. The molecule has 6 rings (SSSR count). The number of fused-ring (bicyclic) bond motifs is 1. The molecule has 2 aliphatic rings. The van der Waals surface area contributed by atoms with Gasteiger partial charge in [-0.15, -0.1) is 0 Å². The third kappa shape index (κ3) is 6.61. The lowest BCUT2D eigenvalue weighted by molar-refractivity contribution is 0.178. The molecule has 4 N–H and O–H groups in total. The highest BCUT2D eigenvalue weighted by Crippen LogP contribution is 2.34. The van der Waals surface area contributed by atoms with E-state index in [1.165, 1.54) is 11.3 Å². The zero-order chi connectivity index (χ0) is 28.0. The van der Waals surface area contributed by atoms with Crippen molar-refractivity contribution in [2.75, 3.05) is 54.9 Å². The van der Waals surface area contributed by atoms with Crippen LogP contribution in [0.25, 0.3) is 11.2 Å². The normalized spacial score (nSPS) is 19.6. The van der Waals surface area contributed by atoms with Crippen molar-refractivity contribution < 1.29 is 10.2 Å². The summed E-state index contributed by atoms with van der Waals surface area (Å²) in [4.78, 5) is 19.2. The third-order valence-corrected chi connectivity index (χ3v) is 8.18. The van der Waals surface area contributed by atoms with Crippen LogP contribution in [0, 0.1) is 0 Å². The maximum atomic E-state index is 10.1. The van der Waals surface area contributed by atoms with Crippen LogP contribution in [-0.4, -0.2) is 80.1 Å². The Hall–Kier alpha value is -3.73. The molecule has 41 heavy (non-hydrogen) atoms. The van der Waals surface area contributed by atoms with Crippen LogP contribution in [0.2, 0.25) is 0 Å². The monoisotopic (exact) mass is 556 g/mol. The van der Waals surface area contributed by atoms with Gasteiger partial charge < -0.3 is 30.3 Å². The molecule has 1 saturated heterocycles. The van der Waals surface area contributed by atoms with Gasteiger partial charge in [0.05, 0.1) is 12.4 Å². The van der Waals surface area contributed by atoms with E-state index in [-0.39, 0.29) is 18.8 Å². The Morgan fingerprint density at radius 2 is 1.71 bits per heavy atom. The van der Waals surface area contributed by atoms with Gasteiger partial charge in [-0.1, -0.05) is 30.3 Å². The van der Waals surface area contributed by atoms with Gasteiger partial charge in [-0.25, -0.2) is 4.98 Å². The fraction of sp³-hybridized carbons (Fsp3) is 0.452. The lowest BCUT2D eigenvalue weighted by Gasteiger charge is -2.36. The molecule has 1 aliphatic carbocycles. The number of aromatic nitrogens is 4. The van der Waals surface area contributed by atoms with Crippen LogP contribution in [0.4, 0.5) is 23.1 Å². The first-order valence-corrected chi connectivity index (χ1v) is 14.8. The van der Waals surface area contributed by atoms with Gasteiger partial charge >= 0.3 is 0 Å². The minimum atomic E-state index is -0.279. The summed E-state index contributed by atoms with van der Waals surface area (Å²) in [5.41, 5.74) is 5.00. The molecule has 2 atom stereocenters. The molecule has 2 fully saturated rings. The summed E-state index contributed by atoms with van der Waals surface area (Å²) in [5.74, 6) is 1.18. The van der Waals surface area contributed by atoms with Gasteiger partial charge in [-0.05, 0) is 61.9 Å². The van der Waals surface area contributed by atoms with E-state index in [4.69, 9.17) is 15.1 Å². The molecular weight excluding hydrogens is 516 g/mol. The predicted molar refractivity (Wildman–Crippen MR) is 163 cm³/mol. The van der Waals surface area contributed by atoms with Crippen molar-refractivity contribution in [3.05, 3.63) is 66.5 Å². The number of rotatable bonds is 11. The van der Waals surface area contributed by atoms with Crippen molar-refractivity contribution in [2.24, 2.45) is 0 Å². The first kappa shape index (κ1) is 27.4. The first-order chi connectivity index (χ1) is 20.2. The van der Waals surface area contributed by atoms with Crippen molar-refractivity contribution >= 4 is 34.3 Å². The highest BCUT2D eigenvalue weighted by molar-refractivity contribution is 5.86. The molecule has 1 aliphatic heterocycles. The fourth-order valence-corrected chi connectivity index (χ4v) is 5.87. The van der Waals surface area contributed by atoms with E-state index >= 15 is 0 Å². The van der Waals surface area contributed by atoms with Crippen LogP contribution in [-0.2, 0) is 6.54 Å². The first-order valence-electron chi connectivity index (χ1n) is 14.8. The second-order valence-corrected chi connectivity index (χ2v) is 11.1. The van der Waals surface area contributed by atoms with Crippen molar-refractivity contribution in [3.8, 4) is 0 Å². The van der Waals surface area contributed by atoms with E-state index in [2.05, 4.69) is 84.6 Å². The number of imidazole rings is 1. The standard InChI is InChI=1S/C31H40N8O2/c40-19-5-4-14-32-31-35-29(28-30(36-31)39(22-33-28)26-12-13-27(41)20-26)34-24-8-10-25(11-9-24)38-17-15-37(16-18-38)21-23-6-2-1-3-7-23/h1-3,6-11,22,26-27,40-41H,4-5,12-21H2,(H2,32,34,35,36). The van der Waals surface area contributed by atoms with Crippen molar-refractivity contribution in [2.45, 2.75) is 50.8 Å². The van der Waals surface area contributed by atoms with Crippen LogP contribution in [0.3, 0.4) is 0 Å². The molecule has 216 valence electrons. The van der Waals surface area contributed by atoms with Gasteiger partial charge in [0, 0.05) is 63.3 Å². The Morgan fingerprint density at radius 3 is 2.44 bits per heavy atom. The minimum Gasteiger partial charge on any atom is -0.396 e. The molecule has 4 aromatic rings. The molecule has 2 aromatic heterocycles. The zero-order valence-electron chi connectivity index (χ0n) is 23.5. The second-order valence-electron chi connectivity index (χ2n) is 11.1. The van der Waals surface area contributed by atoms with E-state index in [1.807, 2.05) is 6.33 Å². The summed E-state index contributed by atoms with van der Waals surface area (Å²) >= 11 is 0. The Morgan fingerprint density at radius 1 is 0.902 bits per heavy atom. The molecule has 0 spiro atoms. The van der Waals surface area contributed by atoms with Gasteiger partial charge in [0.2, 0.25) is 5.95 Å². The van der Waals surface area contributed by atoms with Gasteiger partial charge in [-0.2, -0.15) is 9.97 Å². The summed E-state index contributed by atoms with van der Waals surface area (Å²) in [6.07, 6.45) is 5.51. The Balaban J connectivity index is 1.15. The van der Waals surface area contributed by atoms with Crippen LogP contribution in [0.15, 0.2) is 60.9 Å². The quantitative estimate of drug-likeness (QED) is 0.202. The van der Waals surface area contributed by atoms with E-state index in [0.717, 1.165) is 69.7 Å². The number of unbranched alkanes of at least 4 members (excludes halogenated alkanes) is 1. The molecule has 2 unspecified atom stereocenters. The van der Waals surface area contributed by atoms with E-state index in [9.17, 15) is 5.11 Å². The number of aliphatic hydroxyl groups is 2. The van der Waals surface area contributed by atoms with Gasteiger partial charge in [-0.3, -0.25) is 4.90 Å². The van der Waals surface area contributed by atoms with Gasteiger partial charge in [0.15, 0.2) is 17.0 Å². The number of aliphatic hydroxyl groups excluding tert-OH is 2. The van der Waals surface area contributed by atoms with Gasteiger partial charge in [0.25, 0.3) is 0 Å². The number of hydrogen-bond acceptors (Lipinski definition) is 9. The Labute approximate surface area is 241 Å². The predicted octanol–water partition coefficient (Wildman–Crippen LogP) is 4.16. The highest BCUT2D eigenvalue weighted by Gasteiger charge is 2.27. The molecule has 10 nitrogen and oxygen atoms in total.